The number of anilines is 3. The molecule has 0 saturated carbocycles. The molecule has 0 fully saturated rings. The molecule has 10 nitrogen and oxygen atoms in total. The zero-order valence-corrected chi connectivity index (χ0v) is 11.3. The summed E-state index contributed by atoms with van der Waals surface area (Å²) in [5.41, 5.74) is 5.16. The van der Waals surface area contributed by atoms with Gasteiger partial charge in [-0.3, -0.25) is 10.1 Å². The fourth-order valence-corrected chi connectivity index (χ4v) is 1.67. The summed E-state index contributed by atoms with van der Waals surface area (Å²) in [6.45, 7) is 0. The van der Waals surface area contributed by atoms with Crippen molar-refractivity contribution in [2.24, 2.45) is 0 Å². The first-order chi connectivity index (χ1) is 10.4. The van der Waals surface area contributed by atoms with E-state index < -0.39 is 16.6 Å². The van der Waals surface area contributed by atoms with Crippen molar-refractivity contribution in [3.05, 3.63) is 40.2 Å². The fraction of sp³-hybridized carbons (Fsp3) is 0.0833. The predicted octanol–water partition coefficient (Wildman–Crippen LogP) is 1.20. The molecule has 0 saturated heterocycles. The number of phenolic OH excluding ortho intramolecular Hbond substituents is 1. The van der Waals surface area contributed by atoms with E-state index in [4.69, 9.17) is 5.73 Å². The summed E-state index contributed by atoms with van der Waals surface area (Å²) in [5.74, 6) is -1.43. The first kappa shape index (κ1) is 15.0. The number of benzene rings is 1. The van der Waals surface area contributed by atoms with Gasteiger partial charge in [-0.1, -0.05) is 0 Å². The summed E-state index contributed by atoms with van der Waals surface area (Å²) < 4.78 is 4.52. The van der Waals surface area contributed by atoms with Gasteiger partial charge in [-0.15, -0.1) is 0 Å². The molecule has 22 heavy (non-hydrogen) atoms. The highest BCUT2D eigenvalue weighted by Gasteiger charge is 2.22. The number of ether oxygens (including phenoxy) is 1. The van der Waals surface area contributed by atoms with Crippen molar-refractivity contribution >= 4 is 29.0 Å². The molecule has 0 aliphatic rings. The van der Waals surface area contributed by atoms with Gasteiger partial charge in [0.2, 0.25) is 11.6 Å². The van der Waals surface area contributed by atoms with Gasteiger partial charge in [0.25, 0.3) is 0 Å². The van der Waals surface area contributed by atoms with Crippen LogP contribution in [0, 0.1) is 10.1 Å². The van der Waals surface area contributed by atoms with Crippen LogP contribution in [-0.4, -0.2) is 33.1 Å². The number of aromatic nitrogens is 2. The number of nitrogens with two attached hydrogens (primary N) is 1. The Labute approximate surface area is 123 Å². The third-order valence-electron chi connectivity index (χ3n) is 2.71. The van der Waals surface area contributed by atoms with Crippen LogP contribution in [0.5, 0.6) is 5.75 Å². The van der Waals surface area contributed by atoms with Crippen LogP contribution in [0.3, 0.4) is 0 Å². The van der Waals surface area contributed by atoms with Crippen molar-refractivity contribution in [1.82, 2.24) is 9.97 Å². The largest absolute Gasteiger partial charge is 0.506 e. The summed E-state index contributed by atoms with van der Waals surface area (Å²) in [6, 6.07) is 3.89. The molecule has 0 amide bonds. The van der Waals surface area contributed by atoms with E-state index in [0.29, 0.717) is 0 Å². The van der Waals surface area contributed by atoms with Crippen molar-refractivity contribution in [2.75, 3.05) is 18.2 Å². The maximum atomic E-state index is 11.3. The summed E-state index contributed by atoms with van der Waals surface area (Å²) in [5, 5.41) is 23.4. The molecule has 10 heteroatoms. The molecule has 0 bridgehead atoms. The summed E-state index contributed by atoms with van der Waals surface area (Å²) in [6.07, 6.45) is 1.05. The van der Waals surface area contributed by atoms with Gasteiger partial charge < -0.3 is 20.9 Å². The van der Waals surface area contributed by atoms with Gasteiger partial charge >= 0.3 is 11.7 Å². The van der Waals surface area contributed by atoms with Crippen LogP contribution in [0.4, 0.5) is 23.0 Å². The maximum Gasteiger partial charge on any atom is 0.353 e. The lowest BCUT2D eigenvalue weighted by atomic mass is 10.2. The first-order valence-corrected chi connectivity index (χ1v) is 5.87. The third kappa shape index (κ3) is 2.85. The van der Waals surface area contributed by atoms with Crippen LogP contribution in [0.2, 0.25) is 0 Å². The van der Waals surface area contributed by atoms with Gasteiger partial charge in [-0.2, -0.15) is 0 Å². The number of methoxy groups -OCH3 is 1. The molecule has 4 N–H and O–H groups in total. The lowest BCUT2D eigenvalue weighted by Crippen LogP contribution is -2.05. The van der Waals surface area contributed by atoms with Crippen molar-refractivity contribution < 1.29 is 19.6 Å². The Hall–Kier alpha value is -3.43. The van der Waals surface area contributed by atoms with Crippen LogP contribution in [-0.2, 0) is 4.74 Å². The smallest absolute Gasteiger partial charge is 0.353 e. The SMILES string of the molecule is COC(=O)c1ccc(Nc2ncnc(N)c2[N+](=O)[O-])c(O)c1. The molecule has 0 aliphatic carbocycles. The monoisotopic (exact) mass is 305 g/mol. The highest BCUT2D eigenvalue weighted by molar-refractivity contribution is 5.91. The number of aromatic hydroxyl groups is 1. The number of carbonyl (C=O) groups is 1. The van der Waals surface area contributed by atoms with Gasteiger partial charge in [-0.25, -0.2) is 14.8 Å². The second-order valence-electron chi connectivity index (χ2n) is 4.06. The maximum absolute atomic E-state index is 11.3. The van der Waals surface area contributed by atoms with Gasteiger partial charge in [0.05, 0.1) is 23.3 Å². The molecule has 2 rings (SSSR count). The van der Waals surface area contributed by atoms with E-state index in [9.17, 15) is 20.0 Å². The van der Waals surface area contributed by atoms with Crippen LogP contribution in [0.1, 0.15) is 10.4 Å². The molecule has 0 spiro atoms. The van der Waals surface area contributed by atoms with Gasteiger partial charge in [0.1, 0.15) is 12.1 Å². The highest BCUT2D eigenvalue weighted by Crippen LogP contribution is 2.33. The number of nitro groups is 1. The van der Waals surface area contributed by atoms with E-state index in [1.54, 1.807) is 0 Å². The number of carbonyl (C=O) groups excluding carboxylic acids is 1. The predicted molar refractivity (Wildman–Crippen MR) is 75.8 cm³/mol. The standard InChI is InChI=1S/C12H11N5O5/c1-22-12(19)6-2-3-7(8(18)4-6)16-11-9(17(20)21)10(13)14-5-15-11/h2-5,18H,1H3,(H3,13,14,15,16). The summed E-state index contributed by atoms with van der Waals surface area (Å²) >= 11 is 0. The van der Waals surface area contributed by atoms with Crippen molar-refractivity contribution in [3.8, 4) is 5.75 Å². The molecule has 1 aromatic heterocycles. The minimum absolute atomic E-state index is 0.105. The van der Waals surface area contributed by atoms with Crippen molar-refractivity contribution in [3.63, 3.8) is 0 Å². The zero-order chi connectivity index (χ0) is 16.3. The van der Waals surface area contributed by atoms with E-state index in [2.05, 4.69) is 20.0 Å². The number of nitrogen functional groups attached to an aromatic ring is 1. The average molecular weight is 305 g/mol. The lowest BCUT2D eigenvalue weighted by molar-refractivity contribution is -0.383. The van der Waals surface area contributed by atoms with E-state index in [-0.39, 0.29) is 28.6 Å². The molecular formula is C12H11N5O5. The minimum atomic E-state index is -0.739. The van der Waals surface area contributed by atoms with E-state index in [1.165, 1.54) is 19.2 Å². The Morgan fingerprint density at radius 3 is 2.77 bits per heavy atom. The van der Waals surface area contributed by atoms with E-state index in [0.717, 1.165) is 12.4 Å². The third-order valence-corrected chi connectivity index (χ3v) is 2.71. The fourth-order valence-electron chi connectivity index (χ4n) is 1.67. The topological polar surface area (TPSA) is 154 Å². The molecule has 2 aromatic rings. The Morgan fingerprint density at radius 2 is 2.18 bits per heavy atom. The molecule has 114 valence electrons. The zero-order valence-electron chi connectivity index (χ0n) is 11.3. The number of phenols is 1. The Bertz CT molecular complexity index is 749. The first-order valence-electron chi connectivity index (χ1n) is 5.87. The van der Waals surface area contributed by atoms with Crippen LogP contribution in [0.25, 0.3) is 0 Å². The highest BCUT2D eigenvalue weighted by atomic mass is 16.6. The quantitative estimate of drug-likeness (QED) is 0.327. The Morgan fingerprint density at radius 1 is 1.45 bits per heavy atom. The van der Waals surface area contributed by atoms with Crippen LogP contribution in [0.15, 0.2) is 24.5 Å². The number of hydrogen-bond donors (Lipinski definition) is 3. The molecule has 0 radical (unpaired) electrons. The summed E-state index contributed by atoms with van der Waals surface area (Å²) in [7, 11) is 1.21. The molecule has 0 aliphatic heterocycles. The van der Waals surface area contributed by atoms with Gasteiger partial charge in [0.15, 0.2) is 0 Å². The molecule has 0 unspecified atom stereocenters. The average Bonchev–Trinajstić information content (AvgIpc) is 2.48. The van der Waals surface area contributed by atoms with Crippen molar-refractivity contribution in [2.45, 2.75) is 0 Å². The van der Waals surface area contributed by atoms with E-state index >= 15 is 0 Å². The number of hydrogen-bond acceptors (Lipinski definition) is 9. The molecule has 1 aromatic carbocycles. The number of esters is 1. The summed E-state index contributed by atoms with van der Waals surface area (Å²) in [4.78, 5) is 28.8. The van der Waals surface area contributed by atoms with Gasteiger partial charge in [-0.05, 0) is 18.2 Å². The molecular weight excluding hydrogens is 294 g/mol. The van der Waals surface area contributed by atoms with Crippen LogP contribution >= 0.6 is 0 Å². The molecule has 0 atom stereocenters. The Balaban J connectivity index is 2.38. The lowest BCUT2D eigenvalue weighted by Gasteiger charge is -2.09. The van der Waals surface area contributed by atoms with Crippen molar-refractivity contribution in [1.29, 1.82) is 0 Å². The second kappa shape index (κ2) is 5.91. The second-order valence-corrected chi connectivity index (χ2v) is 4.06. The number of nitrogens with zero attached hydrogens (tertiary/aromatic N) is 3. The molecule has 1 heterocycles. The van der Waals surface area contributed by atoms with Gasteiger partial charge in [0, 0.05) is 0 Å². The Kier molecular flexibility index (Phi) is 4.02. The number of rotatable bonds is 4. The van der Waals surface area contributed by atoms with E-state index in [1.807, 2.05) is 0 Å². The minimum Gasteiger partial charge on any atom is -0.506 e. The normalized spacial score (nSPS) is 10.0. The van der Waals surface area contributed by atoms with Crippen LogP contribution < -0.4 is 11.1 Å². The number of nitrogens with one attached hydrogen (secondary N) is 1.